The quantitative estimate of drug-likeness (QED) is 0.749. The molecule has 138 valence electrons. The molecule has 1 N–H and O–H groups in total. The molecule has 0 saturated carbocycles. The van der Waals surface area contributed by atoms with Gasteiger partial charge in [0.05, 0.1) is 16.8 Å². The minimum atomic E-state index is -0.512. The lowest BCUT2D eigenvalue weighted by Gasteiger charge is -2.26. The van der Waals surface area contributed by atoms with Gasteiger partial charge in [-0.05, 0) is 52.9 Å². The lowest BCUT2D eigenvalue weighted by atomic mass is 9.88. The summed E-state index contributed by atoms with van der Waals surface area (Å²) in [5, 5.41) is 11.0. The Hall–Kier alpha value is -2.93. The van der Waals surface area contributed by atoms with Crippen molar-refractivity contribution in [2.24, 2.45) is 0 Å². The number of aromatic nitrogens is 4. The Kier molecular flexibility index (Phi) is 4.77. The molecule has 2 aromatic carbocycles. The second kappa shape index (κ2) is 7.36. The molecular weight excluding hydrogens is 366 g/mol. The first kappa shape index (κ1) is 17.5. The molecule has 1 heterocycles. The predicted molar refractivity (Wildman–Crippen MR) is 101 cm³/mol. The van der Waals surface area contributed by atoms with Crippen LogP contribution in [0.25, 0.3) is 5.69 Å². The Morgan fingerprint density at radius 3 is 2.78 bits per heavy atom. The summed E-state index contributed by atoms with van der Waals surface area (Å²) < 4.78 is 2.12. The normalized spacial score (nSPS) is 16.0. The highest BCUT2D eigenvalue weighted by atomic mass is 35.5. The number of nitrogens with zero attached hydrogens (tertiary/aromatic N) is 4. The van der Waals surface area contributed by atoms with Crippen LogP contribution in [-0.2, 0) is 17.8 Å². The predicted octanol–water partition coefficient (Wildman–Crippen LogP) is 2.28. The molecule has 1 aliphatic carbocycles. The minimum absolute atomic E-state index is 0.0447. The summed E-state index contributed by atoms with van der Waals surface area (Å²) in [5.74, 6) is -0.273. The summed E-state index contributed by atoms with van der Waals surface area (Å²) in [5.41, 5.74) is 2.32. The zero-order valence-electron chi connectivity index (χ0n) is 14.5. The first-order valence-corrected chi connectivity index (χ1v) is 9.16. The van der Waals surface area contributed by atoms with E-state index < -0.39 is 5.69 Å². The van der Waals surface area contributed by atoms with E-state index in [1.807, 2.05) is 18.2 Å². The zero-order chi connectivity index (χ0) is 18.8. The average molecular weight is 384 g/mol. The first-order chi connectivity index (χ1) is 13.1. The van der Waals surface area contributed by atoms with Gasteiger partial charge in [0.1, 0.15) is 6.54 Å². The van der Waals surface area contributed by atoms with Crippen LogP contribution in [0.3, 0.4) is 0 Å². The topological polar surface area (TPSA) is 81.8 Å². The monoisotopic (exact) mass is 383 g/mol. The molecule has 8 heteroatoms. The van der Waals surface area contributed by atoms with Crippen LogP contribution < -0.4 is 11.0 Å². The smallest absolute Gasteiger partial charge is 0.348 e. The fraction of sp³-hybridized carbons (Fsp3) is 0.263. The van der Waals surface area contributed by atoms with Crippen molar-refractivity contribution in [3.05, 3.63) is 75.2 Å². The summed E-state index contributed by atoms with van der Waals surface area (Å²) in [6.45, 7) is -0.193. The molecule has 4 rings (SSSR count). The number of carbonyl (C=O) groups excluding carboxylic acids is 1. The number of rotatable bonds is 4. The van der Waals surface area contributed by atoms with E-state index in [1.54, 1.807) is 24.3 Å². The highest BCUT2D eigenvalue weighted by molar-refractivity contribution is 6.32. The maximum atomic E-state index is 12.5. The molecule has 7 nitrogen and oxygen atoms in total. The van der Waals surface area contributed by atoms with Gasteiger partial charge in [0.15, 0.2) is 0 Å². The Balaban J connectivity index is 1.50. The molecule has 1 aromatic heterocycles. The molecule has 27 heavy (non-hydrogen) atoms. The van der Waals surface area contributed by atoms with Crippen LogP contribution in [0, 0.1) is 0 Å². The van der Waals surface area contributed by atoms with Gasteiger partial charge >= 0.3 is 5.69 Å². The van der Waals surface area contributed by atoms with Crippen molar-refractivity contribution in [1.82, 2.24) is 25.1 Å². The number of hydrogen-bond donors (Lipinski definition) is 1. The molecule has 1 atom stereocenters. The lowest BCUT2D eigenvalue weighted by molar-refractivity contribution is -0.122. The van der Waals surface area contributed by atoms with Crippen LogP contribution in [-0.4, -0.2) is 25.7 Å². The summed E-state index contributed by atoms with van der Waals surface area (Å²) in [4.78, 5) is 25.0. The van der Waals surface area contributed by atoms with Crippen molar-refractivity contribution >= 4 is 17.5 Å². The van der Waals surface area contributed by atoms with E-state index in [4.69, 9.17) is 11.6 Å². The molecule has 0 saturated heterocycles. The summed E-state index contributed by atoms with van der Waals surface area (Å²) >= 11 is 6.11. The van der Waals surface area contributed by atoms with E-state index in [9.17, 15) is 9.59 Å². The highest BCUT2D eigenvalue weighted by Gasteiger charge is 2.22. The van der Waals surface area contributed by atoms with Crippen molar-refractivity contribution < 1.29 is 4.79 Å². The van der Waals surface area contributed by atoms with Crippen LogP contribution in [0.5, 0.6) is 0 Å². The number of amides is 1. The number of carbonyl (C=O) groups is 1. The fourth-order valence-electron chi connectivity index (χ4n) is 3.43. The third-order valence-corrected chi connectivity index (χ3v) is 5.04. The second-order valence-corrected chi connectivity index (χ2v) is 6.90. The summed E-state index contributed by atoms with van der Waals surface area (Å²) in [7, 11) is 0. The largest absolute Gasteiger partial charge is 0.369 e. The van der Waals surface area contributed by atoms with E-state index in [0.29, 0.717) is 10.7 Å². The van der Waals surface area contributed by atoms with Gasteiger partial charge in [-0.1, -0.05) is 48.0 Å². The Morgan fingerprint density at radius 1 is 1.15 bits per heavy atom. The van der Waals surface area contributed by atoms with Crippen LogP contribution in [0.1, 0.15) is 30.0 Å². The molecule has 0 aliphatic heterocycles. The standard InChI is InChI=1S/C19H18ClN5O2/c20-15-9-3-4-11-17(15)25-19(27)24(22-23-25)12-18(26)21-16-10-5-7-13-6-1-2-8-14(13)16/h1-4,6,8-9,11,16H,5,7,10,12H2,(H,21,26). The van der Waals surface area contributed by atoms with E-state index in [2.05, 4.69) is 21.8 Å². The third-order valence-electron chi connectivity index (χ3n) is 4.72. The third kappa shape index (κ3) is 3.50. The maximum absolute atomic E-state index is 12.5. The van der Waals surface area contributed by atoms with Gasteiger partial charge in [-0.15, -0.1) is 0 Å². The molecule has 0 fully saturated rings. The number of hydrogen-bond acceptors (Lipinski definition) is 4. The van der Waals surface area contributed by atoms with Gasteiger partial charge in [0.25, 0.3) is 0 Å². The van der Waals surface area contributed by atoms with E-state index >= 15 is 0 Å². The van der Waals surface area contributed by atoms with Crippen LogP contribution in [0.4, 0.5) is 0 Å². The highest BCUT2D eigenvalue weighted by Crippen LogP contribution is 2.29. The molecular formula is C19H18ClN5O2. The van der Waals surface area contributed by atoms with Crippen molar-refractivity contribution in [3.63, 3.8) is 0 Å². The van der Waals surface area contributed by atoms with Gasteiger partial charge in [0, 0.05) is 0 Å². The number of fused-ring (bicyclic) bond motifs is 1. The van der Waals surface area contributed by atoms with Crippen LogP contribution >= 0.6 is 11.6 Å². The van der Waals surface area contributed by atoms with Crippen molar-refractivity contribution in [2.75, 3.05) is 0 Å². The van der Waals surface area contributed by atoms with Gasteiger partial charge in [-0.25, -0.2) is 4.79 Å². The number of halogens is 1. The van der Waals surface area contributed by atoms with Crippen molar-refractivity contribution in [1.29, 1.82) is 0 Å². The van der Waals surface area contributed by atoms with Gasteiger partial charge < -0.3 is 5.32 Å². The molecule has 1 unspecified atom stereocenters. The fourth-order valence-corrected chi connectivity index (χ4v) is 3.64. The van der Waals surface area contributed by atoms with Crippen molar-refractivity contribution in [2.45, 2.75) is 31.8 Å². The Morgan fingerprint density at radius 2 is 1.93 bits per heavy atom. The number of aryl methyl sites for hydroxylation is 1. The molecule has 0 bridgehead atoms. The van der Waals surface area contributed by atoms with Gasteiger partial charge in [-0.3, -0.25) is 4.79 Å². The molecule has 1 aliphatic rings. The van der Waals surface area contributed by atoms with Crippen LogP contribution in [0.15, 0.2) is 53.3 Å². The van der Waals surface area contributed by atoms with E-state index in [1.165, 1.54) is 5.56 Å². The van der Waals surface area contributed by atoms with Crippen molar-refractivity contribution in [3.8, 4) is 5.69 Å². The summed E-state index contributed by atoms with van der Waals surface area (Å²) in [6, 6.07) is 14.9. The summed E-state index contributed by atoms with van der Waals surface area (Å²) in [6.07, 6.45) is 2.92. The first-order valence-electron chi connectivity index (χ1n) is 8.78. The minimum Gasteiger partial charge on any atom is -0.348 e. The number of benzene rings is 2. The number of tetrazole rings is 1. The van der Waals surface area contributed by atoms with Crippen LogP contribution in [0.2, 0.25) is 5.02 Å². The zero-order valence-corrected chi connectivity index (χ0v) is 15.3. The molecule has 0 radical (unpaired) electrons. The lowest BCUT2D eigenvalue weighted by Crippen LogP contribution is -2.36. The number of nitrogens with one attached hydrogen (secondary N) is 1. The Labute approximate surface area is 160 Å². The average Bonchev–Trinajstić information content (AvgIpc) is 3.03. The van der Waals surface area contributed by atoms with Gasteiger partial charge in [0.2, 0.25) is 5.91 Å². The molecule has 3 aromatic rings. The number of para-hydroxylation sites is 1. The van der Waals surface area contributed by atoms with Gasteiger partial charge in [-0.2, -0.15) is 9.36 Å². The second-order valence-electron chi connectivity index (χ2n) is 6.49. The molecule has 1 amide bonds. The Bertz CT molecular complexity index is 1040. The maximum Gasteiger partial charge on any atom is 0.369 e. The van der Waals surface area contributed by atoms with E-state index in [0.717, 1.165) is 34.2 Å². The SMILES string of the molecule is O=C(Cn1nnn(-c2ccccc2Cl)c1=O)NC1CCCc2ccccc21. The van der Waals surface area contributed by atoms with E-state index in [-0.39, 0.29) is 18.5 Å². The molecule has 0 spiro atoms.